The van der Waals surface area contributed by atoms with E-state index >= 15 is 0 Å². The van der Waals surface area contributed by atoms with Crippen LogP contribution in [0.4, 0.5) is 0 Å². The summed E-state index contributed by atoms with van der Waals surface area (Å²) in [6.07, 6.45) is 0. The van der Waals surface area contributed by atoms with Crippen LogP contribution < -0.4 is 11.1 Å². The highest BCUT2D eigenvalue weighted by molar-refractivity contribution is 7.10. The van der Waals surface area contributed by atoms with Gasteiger partial charge in [0, 0.05) is 4.88 Å². The number of guanidine groups is 1. The highest BCUT2D eigenvalue weighted by Gasteiger charge is 2.06. The number of hydrogen-bond donors (Lipinski definition) is 2. The van der Waals surface area contributed by atoms with Gasteiger partial charge in [0.2, 0.25) is 0 Å². The van der Waals surface area contributed by atoms with E-state index in [0.29, 0.717) is 12.5 Å². The van der Waals surface area contributed by atoms with Crippen molar-refractivity contribution in [3.63, 3.8) is 0 Å². The summed E-state index contributed by atoms with van der Waals surface area (Å²) in [5.41, 5.74) is 7.03. The number of hydrogen-bond acceptors (Lipinski definition) is 2. The topological polar surface area (TPSA) is 50.4 Å². The van der Waals surface area contributed by atoms with Crippen LogP contribution in [0, 0.1) is 0 Å². The van der Waals surface area contributed by atoms with Crippen LogP contribution in [0.15, 0.2) is 52.8 Å². The molecule has 0 unspecified atom stereocenters. The molecular formula is C14H17N3S. The van der Waals surface area contributed by atoms with E-state index in [0.717, 1.165) is 5.56 Å². The second-order valence-electron chi connectivity index (χ2n) is 4.07. The summed E-state index contributed by atoms with van der Waals surface area (Å²) in [5.74, 6) is 0.486. The van der Waals surface area contributed by atoms with Crippen LogP contribution >= 0.6 is 11.3 Å². The Morgan fingerprint density at radius 2 is 2.06 bits per heavy atom. The Hall–Kier alpha value is -1.81. The van der Waals surface area contributed by atoms with Crippen LogP contribution in [0.25, 0.3) is 0 Å². The van der Waals surface area contributed by atoms with E-state index in [-0.39, 0.29) is 6.04 Å². The standard InChI is InChI=1S/C14H17N3S/c1-11(13-8-5-9-18-13)17-14(15)16-10-12-6-3-2-4-7-12/h2-9,11H,10H2,1H3,(H3,15,16,17)/t11-/m1/s1. The summed E-state index contributed by atoms with van der Waals surface area (Å²) in [6, 6.07) is 14.4. The molecule has 0 amide bonds. The van der Waals surface area contributed by atoms with Gasteiger partial charge in [-0.25, -0.2) is 4.99 Å². The van der Waals surface area contributed by atoms with Crippen LogP contribution in [0.3, 0.4) is 0 Å². The quantitative estimate of drug-likeness (QED) is 0.655. The van der Waals surface area contributed by atoms with Gasteiger partial charge in [-0.3, -0.25) is 0 Å². The van der Waals surface area contributed by atoms with Crippen molar-refractivity contribution in [3.05, 3.63) is 58.3 Å². The molecule has 1 heterocycles. The number of nitrogens with one attached hydrogen (secondary N) is 1. The summed E-state index contributed by atoms with van der Waals surface area (Å²) < 4.78 is 0. The van der Waals surface area contributed by atoms with E-state index in [1.54, 1.807) is 11.3 Å². The van der Waals surface area contributed by atoms with Crippen molar-refractivity contribution in [2.24, 2.45) is 10.7 Å². The largest absolute Gasteiger partial charge is 0.370 e. The van der Waals surface area contributed by atoms with E-state index in [9.17, 15) is 0 Å². The lowest BCUT2D eigenvalue weighted by molar-refractivity contribution is 0.721. The second kappa shape index (κ2) is 6.21. The minimum Gasteiger partial charge on any atom is -0.370 e. The molecule has 0 spiro atoms. The maximum Gasteiger partial charge on any atom is 0.189 e. The average molecular weight is 259 g/mol. The molecule has 4 heteroatoms. The number of rotatable bonds is 4. The molecule has 3 N–H and O–H groups in total. The van der Waals surface area contributed by atoms with Crippen LogP contribution in [-0.2, 0) is 6.54 Å². The van der Waals surface area contributed by atoms with Gasteiger partial charge in [-0.05, 0) is 23.9 Å². The van der Waals surface area contributed by atoms with Gasteiger partial charge in [0.25, 0.3) is 0 Å². The fraction of sp³-hybridized carbons (Fsp3) is 0.214. The first-order chi connectivity index (χ1) is 8.75. The van der Waals surface area contributed by atoms with Gasteiger partial charge >= 0.3 is 0 Å². The van der Waals surface area contributed by atoms with Crippen molar-refractivity contribution in [2.75, 3.05) is 0 Å². The molecule has 2 rings (SSSR count). The lowest BCUT2D eigenvalue weighted by atomic mass is 10.2. The Morgan fingerprint density at radius 1 is 1.28 bits per heavy atom. The molecule has 0 saturated heterocycles. The summed E-state index contributed by atoms with van der Waals surface area (Å²) in [7, 11) is 0. The molecule has 1 aromatic heterocycles. The van der Waals surface area contributed by atoms with Crippen LogP contribution in [-0.4, -0.2) is 5.96 Å². The maximum absolute atomic E-state index is 5.87. The molecule has 3 nitrogen and oxygen atoms in total. The number of thiophene rings is 1. The summed E-state index contributed by atoms with van der Waals surface area (Å²) in [4.78, 5) is 5.59. The first-order valence-corrected chi connectivity index (χ1v) is 6.77. The third kappa shape index (κ3) is 3.60. The molecule has 0 aliphatic heterocycles. The first kappa shape index (κ1) is 12.6. The fourth-order valence-electron chi connectivity index (χ4n) is 1.64. The highest BCUT2D eigenvalue weighted by atomic mass is 32.1. The number of nitrogens with zero attached hydrogens (tertiary/aromatic N) is 1. The monoisotopic (exact) mass is 259 g/mol. The summed E-state index contributed by atoms with van der Waals surface area (Å²) in [5, 5.41) is 5.25. The smallest absolute Gasteiger partial charge is 0.189 e. The Labute approximate surface area is 111 Å². The lowest BCUT2D eigenvalue weighted by Crippen LogP contribution is -2.33. The molecule has 2 aromatic rings. The summed E-state index contributed by atoms with van der Waals surface area (Å²) >= 11 is 1.71. The lowest BCUT2D eigenvalue weighted by Gasteiger charge is -2.12. The Bertz CT molecular complexity index is 491. The number of benzene rings is 1. The Kier molecular flexibility index (Phi) is 4.36. The van der Waals surface area contributed by atoms with Crippen molar-refractivity contribution in [1.29, 1.82) is 0 Å². The molecule has 94 valence electrons. The normalized spacial score (nSPS) is 13.3. The predicted octanol–water partition coefficient (Wildman–Crippen LogP) is 2.91. The molecular weight excluding hydrogens is 242 g/mol. The van der Waals surface area contributed by atoms with Crippen molar-refractivity contribution in [2.45, 2.75) is 19.5 Å². The van der Waals surface area contributed by atoms with Gasteiger partial charge in [0.05, 0.1) is 12.6 Å². The van der Waals surface area contributed by atoms with Crippen molar-refractivity contribution in [1.82, 2.24) is 5.32 Å². The fourth-order valence-corrected chi connectivity index (χ4v) is 2.37. The van der Waals surface area contributed by atoms with Crippen LogP contribution in [0.2, 0.25) is 0 Å². The SMILES string of the molecule is C[C@@H](NC(N)=NCc1ccccc1)c1cccs1. The van der Waals surface area contributed by atoms with Gasteiger partial charge in [-0.15, -0.1) is 11.3 Å². The van der Waals surface area contributed by atoms with Crippen LogP contribution in [0.1, 0.15) is 23.4 Å². The molecule has 18 heavy (non-hydrogen) atoms. The van der Waals surface area contributed by atoms with Crippen LogP contribution in [0.5, 0.6) is 0 Å². The molecule has 0 aliphatic rings. The second-order valence-corrected chi connectivity index (χ2v) is 5.05. The van der Waals surface area contributed by atoms with Crippen molar-refractivity contribution in [3.8, 4) is 0 Å². The van der Waals surface area contributed by atoms with E-state index < -0.39 is 0 Å². The zero-order valence-corrected chi connectivity index (χ0v) is 11.2. The first-order valence-electron chi connectivity index (χ1n) is 5.89. The van der Waals surface area contributed by atoms with Gasteiger partial charge in [0.15, 0.2) is 5.96 Å². The highest BCUT2D eigenvalue weighted by Crippen LogP contribution is 2.17. The molecule has 0 fully saturated rings. The van der Waals surface area contributed by atoms with Gasteiger partial charge < -0.3 is 11.1 Å². The van der Waals surface area contributed by atoms with Gasteiger partial charge in [-0.1, -0.05) is 36.4 Å². The minimum absolute atomic E-state index is 0.199. The van der Waals surface area contributed by atoms with E-state index in [1.807, 2.05) is 36.4 Å². The zero-order valence-electron chi connectivity index (χ0n) is 10.3. The molecule has 0 aliphatic carbocycles. The number of nitrogens with two attached hydrogens (primary N) is 1. The van der Waals surface area contributed by atoms with Crippen molar-refractivity contribution >= 4 is 17.3 Å². The summed E-state index contributed by atoms with van der Waals surface area (Å²) in [6.45, 7) is 2.69. The molecule has 1 aromatic carbocycles. The van der Waals surface area contributed by atoms with Gasteiger partial charge in [0.1, 0.15) is 0 Å². The maximum atomic E-state index is 5.87. The average Bonchev–Trinajstić information content (AvgIpc) is 2.91. The van der Waals surface area contributed by atoms with Gasteiger partial charge in [-0.2, -0.15) is 0 Å². The van der Waals surface area contributed by atoms with E-state index in [2.05, 4.69) is 28.7 Å². The van der Waals surface area contributed by atoms with E-state index in [4.69, 9.17) is 5.73 Å². The predicted molar refractivity (Wildman–Crippen MR) is 77.6 cm³/mol. The number of aliphatic imine (C=N–C) groups is 1. The third-order valence-electron chi connectivity index (χ3n) is 2.61. The zero-order chi connectivity index (χ0) is 12.8. The Balaban J connectivity index is 1.90. The van der Waals surface area contributed by atoms with E-state index in [1.165, 1.54) is 4.88 Å². The molecule has 0 bridgehead atoms. The third-order valence-corrected chi connectivity index (χ3v) is 3.66. The molecule has 0 saturated carbocycles. The molecule has 1 atom stereocenters. The Morgan fingerprint density at radius 3 is 2.72 bits per heavy atom. The van der Waals surface area contributed by atoms with Crippen molar-refractivity contribution < 1.29 is 0 Å². The minimum atomic E-state index is 0.199. The molecule has 0 radical (unpaired) electrons.